The van der Waals surface area contributed by atoms with Crippen LogP contribution in [0.25, 0.3) is 22.8 Å². The number of hydrogen-bond donors (Lipinski definition) is 0. The Hall–Kier alpha value is -2.14. The molecule has 5 heteroatoms. The molecule has 0 aliphatic rings. The third kappa shape index (κ3) is 2.44. The van der Waals surface area contributed by atoms with Crippen molar-refractivity contribution in [3.05, 3.63) is 53.0 Å². The Morgan fingerprint density at radius 2 is 1.95 bits per heavy atom. The van der Waals surface area contributed by atoms with E-state index in [1.54, 1.807) is 7.11 Å². The van der Waals surface area contributed by atoms with Crippen LogP contribution in [0.3, 0.4) is 0 Å². The van der Waals surface area contributed by atoms with Gasteiger partial charge in [0.2, 0.25) is 5.82 Å². The molecule has 0 atom stereocenters. The number of para-hydroxylation sites is 1. The quantitative estimate of drug-likeness (QED) is 0.723. The zero-order valence-electron chi connectivity index (χ0n) is 10.7. The van der Waals surface area contributed by atoms with Crippen molar-refractivity contribution >= 4 is 15.9 Å². The molecule has 0 aliphatic heterocycles. The molecular weight excluding hydrogens is 320 g/mol. The van der Waals surface area contributed by atoms with Crippen LogP contribution in [0.5, 0.6) is 5.75 Å². The van der Waals surface area contributed by atoms with Crippen molar-refractivity contribution in [2.45, 2.75) is 0 Å². The first-order valence-corrected chi connectivity index (χ1v) is 6.80. The SMILES string of the molecule is COc1ccccc1-c1nc(-c2cccc(Br)c2)no1. The number of halogens is 1. The van der Waals surface area contributed by atoms with Crippen LogP contribution >= 0.6 is 15.9 Å². The maximum Gasteiger partial charge on any atom is 0.262 e. The van der Waals surface area contributed by atoms with Crippen LogP contribution in [0.2, 0.25) is 0 Å². The summed E-state index contributed by atoms with van der Waals surface area (Å²) in [4.78, 5) is 4.42. The van der Waals surface area contributed by atoms with E-state index in [-0.39, 0.29) is 0 Å². The van der Waals surface area contributed by atoms with Crippen LogP contribution < -0.4 is 4.74 Å². The molecule has 0 aliphatic carbocycles. The second-order valence-corrected chi connectivity index (χ2v) is 5.05. The van der Waals surface area contributed by atoms with E-state index in [4.69, 9.17) is 9.26 Å². The monoisotopic (exact) mass is 330 g/mol. The molecule has 20 heavy (non-hydrogen) atoms. The second kappa shape index (κ2) is 5.46. The van der Waals surface area contributed by atoms with Crippen molar-refractivity contribution in [2.24, 2.45) is 0 Å². The summed E-state index contributed by atoms with van der Waals surface area (Å²) in [6.45, 7) is 0. The third-order valence-corrected chi connectivity index (χ3v) is 3.34. The Morgan fingerprint density at radius 3 is 2.75 bits per heavy atom. The molecule has 0 unspecified atom stereocenters. The minimum atomic E-state index is 0.442. The van der Waals surface area contributed by atoms with Crippen LogP contribution in [-0.4, -0.2) is 17.3 Å². The molecule has 0 bridgehead atoms. The lowest BCUT2D eigenvalue weighted by molar-refractivity contribution is 0.405. The number of aromatic nitrogens is 2. The number of hydrogen-bond acceptors (Lipinski definition) is 4. The molecule has 1 aromatic heterocycles. The van der Waals surface area contributed by atoms with E-state index in [1.807, 2.05) is 48.5 Å². The maximum absolute atomic E-state index is 5.33. The molecule has 0 saturated carbocycles. The average molecular weight is 331 g/mol. The molecule has 0 N–H and O–H groups in total. The fraction of sp³-hybridized carbons (Fsp3) is 0.0667. The highest BCUT2D eigenvalue weighted by Crippen LogP contribution is 2.30. The minimum Gasteiger partial charge on any atom is -0.496 e. The van der Waals surface area contributed by atoms with Gasteiger partial charge in [0.1, 0.15) is 5.75 Å². The standard InChI is InChI=1S/C15H11BrN2O2/c1-19-13-8-3-2-7-12(13)15-17-14(18-20-15)10-5-4-6-11(16)9-10/h2-9H,1H3. The van der Waals surface area contributed by atoms with E-state index in [2.05, 4.69) is 26.1 Å². The lowest BCUT2D eigenvalue weighted by atomic mass is 10.2. The van der Waals surface area contributed by atoms with E-state index in [0.29, 0.717) is 17.5 Å². The normalized spacial score (nSPS) is 10.5. The molecule has 1 heterocycles. The van der Waals surface area contributed by atoms with Gasteiger partial charge in [-0.05, 0) is 24.3 Å². The second-order valence-electron chi connectivity index (χ2n) is 4.13. The first-order chi connectivity index (χ1) is 9.78. The van der Waals surface area contributed by atoms with Gasteiger partial charge in [-0.2, -0.15) is 4.98 Å². The van der Waals surface area contributed by atoms with Crippen molar-refractivity contribution in [3.8, 4) is 28.6 Å². The molecule has 0 radical (unpaired) electrons. The zero-order chi connectivity index (χ0) is 13.9. The molecule has 2 aromatic carbocycles. The van der Waals surface area contributed by atoms with Gasteiger partial charge in [-0.25, -0.2) is 0 Å². The summed E-state index contributed by atoms with van der Waals surface area (Å²) in [5, 5.41) is 4.02. The van der Waals surface area contributed by atoms with Gasteiger partial charge in [0.05, 0.1) is 12.7 Å². The van der Waals surface area contributed by atoms with Crippen molar-refractivity contribution in [3.63, 3.8) is 0 Å². The number of benzene rings is 2. The van der Waals surface area contributed by atoms with Gasteiger partial charge >= 0.3 is 0 Å². The van der Waals surface area contributed by atoms with E-state index in [9.17, 15) is 0 Å². The number of methoxy groups -OCH3 is 1. The summed E-state index contributed by atoms with van der Waals surface area (Å²) >= 11 is 3.43. The summed E-state index contributed by atoms with van der Waals surface area (Å²) in [5.74, 6) is 1.70. The summed E-state index contributed by atoms with van der Waals surface area (Å²) in [7, 11) is 1.62. The Balaban J connectivity index is 2.02. The van der Waals surface area contributed by atoms with Crippen LogP contribution in [-0.2, 0) is 0 Å². The number of nitrogens with zero attached hydrogens (tertiary/aromatic N) is 2. The van der Waals surface area contributed by atoms with E-state index in [1.165, 1.54) is 0 Å². The Kier molecular flexibility index (Phi) is 3.52. The molecule has 0 fully saturated rings. The average Bonchev–Trinajstić information content (AvgIpc) is 2.97. The Morgan fingerprint density at radius 1 is 1.10 bits per heavy atom. The first kappa shape index (κ1) is 12.9. The molecule has 4 nitrogen and oxygen atoms in total. The van der Waals surface area contributed by atoms with E-state index < -0.39 is 0 Å². The molecule has 3 rings (SSSR count). The van der Waals surface area contributed by atoms with Gasteiger partial charge in [0.25, 0.3) is 5.89 Å². The topological polar surface area (TPSA) is 48.2 Å². The van der Waals surface area contributed by atoms with E-state index >= 15 is 0 Å². The highest BCUT2D eigenvalue weighted by Gasteiger charge is 2.14. The number of ether oxygens (including phenoxy) is 1. The zero-order valence-corrected chi connectivity index (χ0v) is 12.3. The van der Waals surface area contributed by atoms with Gasteiger partial charge in [0.15, 0.2) is 0 Å². The molecular formula is C15H11BrN2O2. The molecule has 0 saturated heterocycles. The van der Waals surface area contributed by atoms with Gasteiger partial charge in [-0.1, -0.05) is 45.4 Å². The maximum atomic E-state index is 5.33. The highest BCUT2D eigenvalue weighted by atomic mass is 79.9. The third-order valence-electron chi connectivity index (χ3n) is 2.85. The first-order valence-electron chi connectivity index (χ1n) is 6.01. The van der Waals surface area contributed by atoms with Crippen molar-refractivity contribution in [1.82, 2.24) is 10.1 Å². The smallest absolute Gasteiger partial charge is 0.262 e. The fourth-order valence-corrected chi connectivity index (χ4v) is 2.30. The Bertz CT molecular complexity index is 740. The molecule has 0 spiro atoms. The van der Waals surface area contributed by atoms with Gasteiger partial charge < -0.3 is 9.26 Å². The highest BCUT2D eigenvalue weighted by molar-refractivity contribution is 9.10. The van der Waals surface area contributed by atoms with Crippen LogP contribution in [0.15, 0.2) is 57.5 Å². The minimum absolute atomic E-state index is 0.442. The largest absolute Gasteiger partial charge is 0.496 e. The van der Waals surface area contributed by atoms with Crippen molar-refractivity contribution < 1.29 is 9.26 Å². The van der Waals surface area contributed by atoms with Gasteiger partial charge in [0, 0.05) is 10.0 Å². The molecule has 3 aromatic rings. The fourth-order valence-electron chi connectivity index (χ4n) is 1.90. The van der Waals surface area contributed by atoms with Crippen LogP contribution in [0, 0.1) is 0 Å². The summed E-state index contributed by atoms with van der Waals surface area (Å²) in [5.41, 5.74) is 1.67. The predicted octanol–water partition coefficient (Wildman–Crippen LogP) is 4.17. The van der Waals surface area contributed by atoms with Crippen molar-refractivity contribution in [2.75, 3.05) is 7.11 Å². The number of rotatable bonds is 3. The lowest BCUT2D eigenvalue weighted by Gasteiger charge is -2.02. The van der Waals surface area contributed by atoms with Crippen LogP contribution in [0.4, 0.5) is 0 Å². The van der Waals surface area contributed by atoms with E-state index in [0.717, 1.165) is 15.6 Å². The summed E-state index contributed by atoms with van der Waals surface area (Å²) in [6.07, 6.45) is 0. The van der Waals surface area contributed by atoms with Crippen molar-refractivity contribution in [1.29, 1.82) is 0 Å². The van der Waals surface area contributed by atoms with Gasteiger partial charge in [-0.3, -0.25) is 0 Å². The lowest BCUT2D eigenvalue weighted by Crippen LogP contribution is -1.87. The summed E-state index contributed by atoms with van der Waals surface area (Å²) < 4.78 is 11.6. The summed E-state index contributed by atoms with van der Waals surface area (Å²) in [6, 6.07) is 15.3. The predicted molar refractivity (Wildman–Crippen MR) is 79.4 cm³/mol. The van der Waals surface area contributed by atoms with Crippen LogP contribution in [0.1, 0.15) is 0 Å². The molecule has 0 amide bonds. The van der Waals surface area contributed by atoms with Gasteiger partial charge in [-0.15, -0.1) is 0 Å². The molecule has 100 valence electrons. The Labute approximate surface area is 124 Å².